The van der Waals surface area contributed by atoms with Crippen LogP contribution in [-0.2, 0) is 11.3 Å². The van der Waals surface area contributed by atoms with E-state index < -0.39 is 5.91 Å². The van der Waals surface area contributed by atoms with Crippen molar-refractivity contribution in [2.45, 2.75) is 6.54 Å². The third kappa shape index (κ3) is 3.43. The van der Waals surface area contributed by atoms with Gasteiger partial charge in [-0.25, -0.2) is 5.43 Å². The summed E-state index contributed by atoms with van der Waals surface area (Å²) in [6.07, 6.45) is 0. The van der Waals surface area contributed by atoms with Crippen LogP contribution in [0.5, 0.6) is 0 Å². The molecule has 0 aliphatic heterocycles. The molecular weight excluding hydrogens is 334 g/mol. The fraction of sp³-hybridized carbons (Fsp3) is 0.0625. The van der Waals surface area contributed by atoms with Gasteiger partial charge in [0, 0.05) is 11.1 Å². The van der Waals surface area contributed by atoms with Crippen molar-refractivity contribution in [3.63, 3.8) is 0 Å². The number of aromatic nitrogens is 8. The zero-order chi connectivity index (χ0) is 17.8. The van der Waals surface area contributed by atoms with E-state index in [4.69, 9.17) is 0 Å². The lowest BCUT2D eigenvalue weighted by molar-refractivity contribution is -0.118. The average Bonchev–Trinajstić information content (AvgIpc) is 3.33. The molecule has 2 aromatic heterocycles. The molecule has 1 amide bonds. The molecule has 2 aromatic carbocycles. The Morgan fingerprint density at radius 1 is 0.808 bits per heavy atom. The second kappa shape index (κ2) is 6.89. The molecule has 26 heavy (non-hydrogen) atoms. The van der Waals surface area contributed by atoms with E-state index in [1.54, 1.807) is 0 Å². The molecule has 0 saturated carbocycles. The van der Waals surface area contributed by atoms with Crippen LogP contribution >= 0.6 is 0 Å². The molecule has 128 valence electrons. The number of benzene rings is 2. The summed E-state index contributed by atoms with van der Waals surface area (Å²) in [6.45, 7) is -0.123. The zero-order valence-electron chi connectivity index (χ0n) is 13.5. The van der Waals surface area contributed by atoms with Crippen LogP contribution < -0.4 is 5.43 Å². The minimum absolute atomic E-state index is 0.123. The van der Waals surface area contributed by atoms with Crippen LogP contribution in [0.3, 0.4) is 0 Å². The number of amides is 1. The smallest absolute Gasteiger partial charge is 0.265 e. The Kier molecular flexibility index (Phi) is 4.13. The van der Waals surface area contributed by atoms with E-state index in [0.29, 0.717) is 11.6 Å². The van der Waals surface area contributed by atoms with Crippen molar-refractivity contribution in [2.75, 3.05) is 5.43 Å². The molecule has 2 heterocycles. The molecule has 4 aromatic rings. The summed E-state index contributed by atoms with van der Waals surface area (Å²) < 4.78 is 0. The molecule has 0 radical (unpaired) electrons. The molecule has 0 unspecified atom stereocenters. The van der Waals surface area contributed by atoms with Crippen molar-refractivity contribution in [2.24, 2.45) is 0 Å². The Morgan fingerprint density at radius 2 is 1.38 bits per heavy atom. The summed E-state index contributed by atoms with van der Waals surface area (Å²) in [5, 5.41) is 23.8. The number of nitrogens with one attached hydrogen (secondary N) is 1. The van der Waals surface area contributed by atoms with Crippen LogP contribution in [0.25, 0.3) is 22.8 Å². The summed E-state index contributed by atoms with van der Waals surface area (Å²) in [5.41, 5.74) is 4.12. The highest BCUT2D eigenvalue weighted by Crippen LogP contribution is 2.12. The SMILES string of the molecule is O=C(Cn1nnc(-c2ccccc2)n1)Nn1nnc(-c2ccccc2)n1. The molecule has 0 saturated heterocycles. The standard InChI is InChI=1S/C16H13N9O/c26-14(11-24-20-15(17-22-24)12-7-3-1-4-8-12)19-25-21-16(18-23-25)13-9-5-2-6-10-13/h1-10H,11H2,(H,19,26). The molecule has 10 nitrogen and oxygen atoms in total. The quantitative estimate of drug-likeness (QED) is 0.566. The second-order valence-electron chi connectivity index (χ2n) is 5.31. The minimum Gasteiger partial charge on any atom is -0.271 e. The number of hydrogen-bond acceptors (Lipinski definition) is 7. The van der Waals surface area contributed by atoms with Gasteiger partial charge in [0.1, 0.15) is 6.54 Å². The van der Waals surface area contributed by atoms with Crippen LogP contribution in [0.1, 0.15) is 0 Å². The van der Waals surface area contributed by atoms with Crippen LogP contribution in [0.2, 0.25) is 0 Å². The van der Waals surface area contributed by atoms with Crippen LogP contribution in [-0.4, -0.2) is 46.4 Å². The summed E-state index contributed by atoms with van der Waals surface area (Å²) in [4.78, 5) is 14.3. The van der Waals surface area contributed by atoms with Gasteiger partial charge < -0.3 is 0 Å². The van der Waals surface area contributed by atoms with Gasteiger partial charge in [0.05, 0.1) is 0 Å². The third-order valence-electron chi connectivity index (χ3n) is 3.44. The number of carbonyl (C=O) groups is 1. The summed E-state index contributed by atoms with van der Waals surface area (Å²) in [6, 6.07) is 18.7. The zero-order valence-corrected chi connectivity index (χ0v) is 13.5. The Balaban J connectivity index is 1.40. The van der Waals surface area contributed by atoms with Crippen molar-refractivity contribution in [1.29, 1.82) is 0 Å². The van der Waals surface area contributed by atoms with Crippen molar-refractivity contribution < 1.29 is 4.79 Å². The summed E-state index contributed by atoms with van der Waals surface area (Å²) in [7, 11) is 0. The first-order chi connectivity index (χ1) is 12.8. The third-order valence-corrected chi connectivity index (χ3v) is 3.44. The molecule has 1 N–H and O–H groups in total. The topological polar surface area (TPSA) is 116 Å². The Bertz CT molecular complexity index is 929. The number of rotatable bonds is 5. The minimum atomic E-state index is -0.404. The monoisotopic (exact) mass is 347 g/mol. The Labute approximate surface area is 147 Å². The first kappa shape index (κ1) is 15.6. The highest BCUT2D eigenvalue weighted by molar-refractivity contribution is 5.82. The van der Waals surface area contributed by atoms with E-state index in [9.17, 15) is 4.79 Å². The molecular formula is C16H13N9O. The molecule has 0 spiro atoms. The van der Waals surface area contributed by atoms with Crippen molar-refractivity contribution in [1.82, 2.24) is 40.5 Å². The van der Waals surface area contributed by atoms with Gasteiger partial charge in [-0.15, -0.1) is 20.4 Å². The number of nitrogens with zero attached hydrogens (tertiary/aromatic N) is 8. The van der Waals surface area contributed by atoms with E-state index in [0.717, 1.165) is 16.0 Å². The van der Waals surface area contributed by atoms with Gasteiger partial charge in [-0.2, -0.15) is 4.80 Å². The fourth-order valence-electron chi connectivity index (χ4n) is 2.25. The molecule has 0 bridgehead atoms. The van der Waals surface area contributed by atoms with Gasteiger partial charge >= 0.3 is 0 Å². The van der Waals surface area contributed by atoms with Crippen molar-refractivity contribution >= 4 is 5.91 Å². The Hall–Kier alpha value is -3.95. The van der Waals surface area contributed by atoms with E-state index >= 15 is 0 Å². The van der Waals surface area contributed by atoms with E-state index in [2.05, 4.69) is 36.2 Å². The van der Waals surface area contributed by atoms with Crippen LogP contribution in [0.15, 0.2) is 60.7 Å². The lowest BCUT2D eigenvalue weighted by Gasteiger charge is -2.00. The van der Waals surface area contributed by atoms with Gasteiger partial charge in [-0.05, 0) is 10.4 Å². The van der Waals surface area contributed by atoms with Crippen molar-refractivity contribution in [3.05, 3.63) is 60.7 Å². The molecule has 0 aliphatic carbocycles. The summed E-state index contributed by atoms with van der Waals surface area (Å²) in [5.74, 6) is 0.457. The van der Waals surface area contributed by atoms with Crippen LogP contribution in [0.4, 0.5) is 0 Å². The molecule has 10 heteroatoms. The normalized spacial score (nSPS) is 10.6. The van der Waals surface area contributed by atoms with Gasteiger partial charge in [0.2, 0.25) is 11.6 Å². The van der Waals surface area contributed by atoms with Crippen molar-refractivity contribution in [3.8, 4) is 22.8 Å². The number of carbonyl (C=O) groups excluding carboxylic acids is 1. The van der Waals surface area contributed by atoms with E-state index in [-0.39, 0.29) is 6.54 Å². The maximum absolute atomic E-state index is 12.1. The van der Waals surface area contributed by atoms with Crippen LogP contribution in [0, 0.1) is 0 Å². The maximum atomic E-state index is 12.1. The Morgan fingerprint density at radius 3 is 2.04 bits per heavy atom. The van der Waals surface area contributed by atoms with E-state index in [1.807, 2.05) is 60.7 Å². The second-order valence-corrected chi connectivity index (χ2v) is 5.31. The molecule has 4 rings (SSSR count). The average molecular weight is 347 g/mol. The lowest BCUT2D eigenvalue weighted by atomic mass is 10.2. The first-order valence-corrected chi connectivity index (χ1v) is 7.76. The fourth-order valence-corrected chi connectivity index (χ4v) is 2.25. The van der Waals surface area contributed by atoms with Gasteiger partial charge in [-0.3, -0.25) is 4.79 Å². The van der Waals surface area contributed by atoms with Gasteiger partial charge in [-0.1, -0.05) is 65.6 Å². The highest BCUT2D eigenvalue weighted by atomic mass is 16.2. The molecule has 0 atom stereocenters. The van der Waals surface area contributed by atoms with Gasteiger partial charge in [0.25, 0.3) is 5.91 Å². The van der Waals surface area contributed by atoms with Gasteiger partial charge in [0.15, 0.2) is 0 Å². The molecule has 0 fully saturated rings. The lowest BCUT2D eigenvalue weighted by Crippen LogP contribution is -2.29. The number of tetrazole rings is 2. The van der Waals surface area contributed by atoms with E-state index in [1.165, 1.54) is 4.80 Å². The first-order valence-electron chi connectivity index (χ1n) is 7.76. The highest BCUT2D eigenvalue weighted by Gasteiger charge is 2.11. The number of hydrogen-bond donors (Lipinski definition) is 1. The maximum Gasteiger partial charge on any atom is 0.265 e. The predicted octanol–water partition coefficient (Wildman–Crippen LogP) is 0.764. The predicted molar refractivity (Wildman–Crippen MR) is 90.9 cm³/mol. The largest absolute Gasteiger partial charge is 0.271 e. The summed E-state index contributed by atoms with van der Waals surface area (Å²) >= 11 is 0. The molecule has 0 aliphatic rings.